The van der Waals surface area contributed by atoms with E-state index in [4.69, 9.17) is 6.57 Å². The number of hydrogen-bond donors (Lipinski definition) is 1. The van der Waals surface area contributed by atoms with Gasteiger partial charge >= 0.3 is 0 Å². The van der Waals surface area contributed by atoms with Crippen LogP contribution < -0.4 is 5.32 Å². The molecule has 0 radical (unpaired) electrons. The molecule has 0 aromatic heterocycles. The van der Waals surface area contributed by atoms with E-state index in [0.29, 0.717) is 23.9 Å². The molecule has 1 spiro atoms. The molecule has 0 saturated carbocycles. The topological polar surface area (TPSA) is 19.6 Å². The lowest BCUT2D eigenvalue weighted by atomic mass is 9.69. The molecule has 2 atom stereocenters. The molecule has 90 valence electrons. The maximum Gasteiger partial charge on any atom is 0.219 e. The molecule has 2 fully saturated rings. The summed E-state index contributed by atoms with van der Waals surface area (Å²) in [6.45, 7) is 17.0. The third-order valence-electron chi connectivity index (χ3n) is 4.54. The second-order valence-corrected chi connectivity index (χ2v) is 5.67. The van der Waals surface area contributed by atoms with Crippen LogP contribution in [0, 0.1) is 17.9 Å². The molecule has 2 saturated heterocycles. The van der Waals surface area contributed by atoms with Gasteiger partial charge in [-0.25, -0.2) is 6.57 Å². The minimum absolute atomic E-state index is 0.440. The molecule has 0 aliphatic carbocycles. The predicted octanol–water partition coefficient (Wildman–Crippen LogP) is 1.62. The third-order valence-corrected chi connectivity index (χ3v) is 4.54. The van der Waals surface area contributed by atoms with Gasteiger partial charge in [0.1, 0.15) is 0 Å². The fourth-order valence-corrected chi connectivity index (χ4v) is 3.29. The quantitative estimate of drug-likeness (QED) is 0.715. The van der Waals surface area contributed by atoms with Crippen molar-refractivity contribution in [1.29, 1.82) is 0 Å². The number of rotatable bonds is 2. The fraction of sp³-hybridized carbons (Fsp3) is 0.923. The number of likely N-dealkylation sites (tertiary alicyclic amines) is 1. The molecule has 0 aromatic carbocycles. The first-order valence-corrected chi connectivity index (χ1v) is 6.46. The van der Waals surface area contributed by atoms with E-state index in [9.17, 15) is 0 Å². The minimum atomic E-state index is 0.440. The molecular formula is C13H23N3. The van der Waals surface area contributed by atoms with Gasteiger partial charge in [0.05, 0.1) is 5.92 Å². The minimum Gasteiger partial charge on any atom is -0.317 e. The van der Waals surface area contributed by atoms with E-state index in [-0.39, 0.29) is 0 Å². The van der Waals surface area contributed by atoms with Crippen molar-refractivity contribution in [3.05, 3.63) is 11.4 Å². The molecular weight excluding hydrogens is 198 g/mol. The Morgan fingerprint density at radius 3 is 2.88 bits per heavy atom. The second kappa shape index (κ2) is 4.73. The van der Waals surface area contributed by atoms with Crippen LogP contribution in [0.3, 0.4) is 0 Å². The van der Waals surface area contributed by atoms with Crippen molar-refractivity contribution in [1.82, 2.24) is 10.2 Å². The van der Waals surface area contributed by atoms with E-state index >= 15 is 0 Å². The predicted molar refractivity (Wildman–Crippen MR) is 66.2 cm³/mol. The van der Waals surface area contributed by atoms with Gasteiger partial charge in [0.15, 0.2) is 0 Å². The van der Waals surface area contributed by atoms with Crippen LogP contribution in [0.2, 0.25) is 0 Å². The van der Waals surface area contributed by atoms with E-state index in [1.807, 2.05) is 0 Å². The number of nitrogens with zero attached hydrogens (tertiary/aromatic N) is 2. The van der Waals surface area contributed by atoms with E-state index in [1.54, 1.807) is 0 Å². The van der Waals surface area contributed by atoms with Gasteiger partial charge in [0, 0.05) is 19.1 Å². The number of hydrogen-bond acceptors (Lipinski definition) is 2. The first-order valence-electron chi connectivity index (χ1n) is 6.46. The Labute approximate surface area is 99.0 Å². The molecule has 0 aromatic rings. The Kier molecular flexibility index (Phi) is 3.51. The lowest BCUT2D eigenvalue weighted by Gasteiger charge is -2.45. The van der Waals surface area contributed by atoms with E-state index in [0.717, 1.165) is 19.6 Å². The smallest absolute Gasteiger partial charge is 0.219 e. The van der Waals surface area contributed by atoms with Gasteiger partial charge in [-0.3, -0.25) is 0 Å². The summed E-state index contributed by atoms with van der Waals surface area (Å²) in [4.78, 5) is 6.21. The van der Waals surface area contributed by atoms with Crippen molar-refractivity contribution < 1.29 is 0 Å². The van der Waals surface area contributed by atoms with E-state index < -0.39 is 0 Å². The van der Waals surface area contributed by atoms with Crippen molar-refractivity contribution >= 4 is 0 Å². The van der Waals surface area contributed by atoms with Crippen LogP contribution >= 0.6 is 0 Å². The van der Waals surface area contributed by atoms with Gasteiger partial charge in [0.2, 0.25) is 6.54 Å². The molecule has 0 amide bonds. The summed E-state index contributed by atoms with van der Waals surface area (Å²) in [5.41, 5.74) is 0.440. The SMILES string of the molecule is [C-]#[N+]C[C@H]1CN(C(C)C)CCC12CCNC2. The standard InChI is InChI=1S/C13H23N3/c1-11(2)16-7-5-13(4-6-15-10-13)12(9-16)8-14-3/h11-12,15H,4-10H2,1-2H3/t12-,13?/m0/s1. The zero-order valence-electron chi connectivity index (χ0n) is 10.5. The van der Waals surface area contributed by atoms with Crippen LogP contribution in [0.4, 0.5) is 0 Å². The van der Waals surface area contributed by atoms with E-state index in [1.165, 1.54) is 19.4 Å². The van der Waals surface area contributed by atoms with Crippen LogP contribution in [0.25, 0.3) is 4.85 Å². The first-order chi connectivity index (χ1) is 7.68. The van der Waals surface area contributed by atoms with Crippen LogP contribution in [0.1, 0.15) is 26.7 Å². The van der Waals surface area contributed by atoms with Crippen LogP contribution in [-0.2, 0) is 0 Å². The Morgan fingerprint density at radius 2 is 2.31 bits per heavy atom. The third kappa shape index (κ3) is 2.09. The maximum absolute atomic E-state index is 7.15. The number of nitrogens with one attached hydrogen (secondary N) is 1. The fourth-order valence-electron chi connectivity index (χ4n) is 3.29. The zero-order chi connectivity index (χ0) is 11.6. The van der Waals surface area contributed by atoms with Gasteiger partial charge < -0.3 is 15.1 Å². The van der Waals surface area contributed by atoms with Crippen LogP contribution in [0.5, 0.6) is 0 Å². The summed E-state index contributed by atoms with van der Waals surface area (Å²) in [6, 6.07) is 0.625. The molecule has 2 aliphatic rings. The Morgan fingerprint density at radius 1 is 1.50 bits per heavy atom. The van der Waals surface area contributed by atoms with Crippen LogP contribution in [0.15, 0.2) is 0 Å². The highest BCUT2D eigenvalue weighted by atomic mass is 15.2. The summed E-state index contributed by atoms with van der Waals surface area (Å²) in [5.74, 6) is 0.580. The zero-order valence-corrected chi connectivity index (χ0v) is 10.5. The highest BCUT2D eigenvalue weighted by Crippen LogP contribution is 2.42. The van der Waals surface area contributed by atoms with Crippen molar-refractivity contribution in [2.75, 3.05) is 32.7 Å². The lowest BCUT2D eigenvalue weighted by molar-refractivity contribution is 0.0391. The molecule has 2 rings (SSSR count). The first kappa shape index (κ1) is 11.9. The van der Waals surface area contributed by atoms with Gasteiger partial charge in [-0.2, -0.15) is 0 Å². The molecule has 2 aliphatic heterocycles. The van der Waals surface area contributed by atoms with Crippen molar-refractivity contribution in [3.8, 4) is 0 Å². The summed E-state index contributed by atoms with van der Waals surface area (Å²) in [5, 5.41) is 3.49. The van der Waals surface area contributed by atoms with Crippen molar-refractivity contribution in [2.24, 2.45) is 11.3 Å². The summed E-state index contributed by atoms with van der Waals surface area (Å²) >= 11 is 0. The van der Waals surface area contributed by atoms with Crippen molar-refractivity contribution in [3.63, 3.8) is 0 Å². The number of piperidine rings is 1. The van der Waals surface area contributed by atoms with Gasteiger partial charge in [-0.15, -0.1) is 0 Å². The molecule has 2 heterocycles. The second-order valence-electron chi connectivity index (χ2n) is 5.67. The Bertz CT molecular complexity index is 273. The molecule has 3 heteroatoms. The largest absolute Gasteiger partial charge is 0.317 e. The molecule has 0 bridgehead atoms. The lowest BCUT2D eigenvalue weighted by Crippen LogP contribution is -2.51. The summed E-state index contributed by atoms with van der Waals surface area (Å²) in [6.07, 6.45) is 2.55. The molecule has 1 N–H and O–H groups in total. The van der Waals surface area contributed by atoms with Gasteiger partial charge in [0.25, 0.3) is 0 Å². The Hall–Kier alpha value is -0.590. The monoisotopic (exact) mass is 221 g/mol. The molecule has 16 heavy (non-hydrogen) atoms. The van der Waals surface area contributed by atoms with Crippen molar-refractivity contribution in [2.45, 2.75) is 32.7 Å². The summed E-state index contributed by atoms with van der Waals surface area (Å²) < 4.78 is 0. The van der Waals surface area contributed by atoms with Crippen LogP contribution in [-0.4, -0.2) is 43.7 Å². The average molecular weight is 221 g/mol. The van der Waals surface area contributed by atoms with Gasteiger partial charge in [-0.05, 0) is 45.2 Å². The highest BCUT2D eigenvalue weighted by Gasteiger charge is 2.46. The highest BCUT2D eigenvalue weighted by molar-refractivity contribution is 5.00. The Balaban J connectivity index is 2.08. The molecule has 1 unspecified atom stereocenters. The molecule has 3 nitrogen and oxygen atoms in total. The maximum atomic E-state index is 7.15. The summed E-state index contributed by atoms with van der Waals surface area (Å²) in [7, 11) is 0. The average Bonchev–Trinajstić information content (AvgIpc) is 2.71. The van der Waals surface area contributed by atoms with Gasteiger partial charge in [-0.1, -0.05) is 0 Å². The normalized spacial score (nSPS) is 35.8. The van der Waals surface area contributed by atoms with E-state index in [2.05, 4.69) is 28.9 Å².